The summed E-state index contributed by atoms with van der Waals surface area (Å²) in [6.07, 6.45) is 1.55. The van der Waals surface area contributed by atoms with Gasteiger partial charge >= 0.3 is 5.97 Å². The van der Waals surface area contributed by atoms with Gasteiger partial charge in [0.25, 0.3) is 5.91 Å². The molecule has 9 heteroatoms. The third-order valence-electron chi connectivity index (χ3n) is 4.79. The minimum absolute atomic E-state index is 0.202. The number of hydrogen-bond acceptors (Lipinski definition) is 7. The molecule has 0 bridgehead atoms. The molecule has 2 aromatic carbocycles. The summed E-state index contributed by atoms with van der Waals surface area (Å²) in [7, 11) is 1.33. The number of fused-ring (bicyclic) bond motifs is 1. The largest absolute Gasteiger partial charge is 0.465 e. The lowest BCUT2D eigenvalue weighted by Crippen LogP contribution is -2.10. The van der Waals surface area contributed by atoms with Gasteiger partial charge in [-0.1, -0.05) is 19.4 Å². The normalized spacial score (nSPS) is 14.1. The van der Waals surface area contributed by atoms with Crippen molar-refractivity contribution in [2.24, 2.45) is 0 Å². The van der Waals surface area contributed by atoms with Gasteiger partial charge < -0.3 is 15.4 Å². The summed E-state index contributed by atoms with van der Waals surface area (Å²) < 4.78 is 4.76. The second-order valence-electron chi connectivity index (χ2n) is 6.76. The Balaban J connectivity index is 1.67. The summed E-state index contributed by atoms with van der Waals surface area (Å²) in [4.78, 5) is 24.5. The molecule has 1 aliphatic heterocycles. The number of nitrogens with one attached hydrogen (secondary N) is 3. The number of tetrazole rings is 1. The van der Waals surface area contributed by atoms with E-state index in [0.717, 1.165) is 28.9 Å². The highest BCUT2D eigenvalue weighted by atomic mass is 16.5. The van der Waals surface area contributed by atoms with Crippen molar-refractivity contribution in [2.75, 3.05) is 17.7 Å². The first-order valence-corrected chi connectivity index (χ1v) is 9.49. The van der Waals surface area contributed by atoms with Crippen LogP contribution in [-0.4, -0.2) is 39.6 Å². The fourth-order valence-electron chi connectivity index (χ4n) is 3.38. The van der Waals surface area contributed by atoms with Gasteiger partial charge in [0.2, 0.25) is 0 Å². The smallest absolute Gasteiger partial charge is 0.337 e. The number of benzene rings is 2. The van der Waals surface area contributed by atoms with Gasteiger partial charge in [0.1, 0.15) is 0 Å². The van der Waals surface area contributed by atoms with Crippen LogP contribution in [0.15, 0.2) is 48.2 Å². The molecule has 0 aliphatic carbocycles. The maximum atomic E-state index is 12.7. The van der Waals surface area contributed by atoms with E-state index in [1.165, 1.54) is 7.11 Å². The quantitative estimate of drug-likeness (QED) is 0.426. The second kappa shape index (κ2) is 8.16. The van der Waals surface area contributed by atoms with E-state index in [0.29, 0.717) is 29.1 Å². The van der Waals surface area contributed by atoms with Gasteiger partial charge in [-0.05, 0) is 53.2 Å². The topological polar surface area (TPSA) is 122 Å². The van der Waals surface area contributed by atoms with Crippen molar-refractivity contribution >= 4 is 28.8 Å². The fourth-order valence-corrected chi connectivity index (χ4v) is 3.38. The summed E-state index contributed by atoms with van der Waals surface area (Å²) in [5, 5.41) is 20.0. The van der Waals surface area contributed by atoms with E-state index in [4.69, 9.17) is 4.74 Å². The Morgan fingerprint density at radius 3 is 2.63 bits per heavy atom. The van der Waals surface area contributed by atoms with Gasteiger partial charge in [-0.3, -0.25) is 4.79 Å². The number of allylic oxidation sites excluding steroid dienone is 1. The van der Waals surface area contributed by atoms with Crippen molar-refractivity contribution in [2.45, 2.75) is 19.8 Å². The Morgan fingerprint density at radius 2 is 1.97 bits per heavy atom. The summed E-state index contributed by atoms with van der Waals surface area (Å²) in [5.74, 6) is -0.0649. The van der Waals surface area contributed by atoms with Crippen LogP contribution in [-0.2, 0) is 9.53 Å². The van der Waals surface area contributed by atoms with Gasteiger partial charge in [0.15, 0.2) is 5.82 Å². The van der Waals surface area contributed by atoms with Crippen molar-refractivity contribution in [1.29, 1.82) is 0 Å². The Bertz CT molecular complexity index is 1120. The molecule has 0 radical (unpaired) electrons. The molecule has 152 valence electrons. The number of nitrogens with zero attached hydrogens (tertiary/aromatic N) is 3. The zero-order valence-corrected chi connectivity index (χ0v) is 16.5. The number of hydrogen-bond donors (Lipinski definition) is 3. The maximum absolute atomic E-state index is 12.7. The number of H-pyrrole nitrogens is 1. The van der Waals surface area contributed by atoms with Crippen molar-refractivity contribution in [1.82, 2.24) is 20.6 Å². The number of aromatic nitrogens is 4. The average Bonchev–Trinajstić information content (AvgIpc) is 3.40. The lowest BCUT2D eigenvalue weighted by Gasteiger charge is -2.14. The molecule has 9 nitrogen and oxygen atoms in total. The Hall–Kier alpha value is -4.01. The first kappa shape index (κ1) is 19.3. The molecule has 0 fully saturated rings. The number of aromatic amines is 1. The lowest BCUT2D eigenvalue weighted by molar-refractivity contribution is -0.110. The van der Waals surface area contributed by atoms with E-state index in [1.54, 1.807) is 18.2 Å². The minimum atomic E-state index is -0.446. The van der Waals surface area contributed by atoms with Gasteiger partial charge in [-0.25, -0.2) is 9.89 Å². The SMILES string of the molecule is CCC/C(Nc1ccc(-c2nnn[nH]2)cc1)=C1/C(=O)Nc2cc(C(=O)OC)ccc21. The molecule has 0 saturated carbocycles. The van der Waals surface area contributed by atoms with Crippen LogP contribution in [0.1, 0.15) is 35.7 Å². The maximum Gasteiger partial charge on any atom is 0.337 e. The monoisotopic (exact) mass is 404 g/mol. The van der Waals surface area contributed by atoms with Crippen LogP contribution in [0, 0.1) is 0 Å². The van der Waals surface area contributed by atoms with Crippen LogP contribution in [0.2, 0.25) is 0 Å². The number of esters is 1. The Kier molecular flexibility index (Phi) is 5.25. The third-order valence-corrected chi connectivity index (χ3v) is 4.79. The zero-order valence-electron chi connectivity index (χ0n) is 16.5. The third kappa shape index (κ3) is 3.64. The van der Waals surface area contributed by atoms with E-state index < -0.39 is 5.97 Å². The summed E-state index contributed by atoms with van der Waals surface area (Å²) >= 11 is 0. The number of amides is 1. The molecule has 4 rings (SSSR count). The Labute approximate surface area is 172 Å². The molecule has 1 aliphatic rings. The van der Waals surface area contributed by atoms with E-state index in [9.17, 15) is 9.59 Å². The van der Waals surface area contributed by atoms with E-state index >= 15 is 0 Å². The standard InChI is InChI=1S/C21H20N6O3/c1-3-4-16(22-14-8-5-12(6-9-14)19-24-26-27-25-19)18-15-10-7-13(21(29)30-2)11-17(15)23-20(18)28/h5-11,22H,3-4H2,1-2H3,(H,23,28)(H,24,25,26,27)/b18-16-. The van der Waals surface area contributed by atoms with E-state index in [1.807, 2.05) is 24.3 Å². The van der Waals surface area contributed by atoms with Crippen LogP contribution in [0.25, 0.3) is 17.0 Å². The summed E-state index contributed by atoms with van der Waals surface area (Å²) in [5.41, 5.74) is 4.83. The molecule has 30 heavy (non-hydrogen) atoms. The Morgan fingerprint density at radius 1 is 1.17 bits per heavy atom. The molecule has 0 unspecified atom stereocenters. The van der Waals surface area contributed by atoms with Gasteiger partial charge in [0, 0.05) is 22.5 Å². The predicted molar refractivity (Wildman–Crippen MR) is 111 cm³/mol. The van der Waals surface area contributed by atoms with Crippen molar-refractivity contribution in [3.63, 3.8) is 0 Å². The van der Waals surface area contributed by atoms with Crippen molar-refractivity contribution < 1.29 is 14.3 Å². The van der Waals surface area contributed by atoms with Crippen LogP contribution < -0.4 is 10.6 Å². The number of rotatable bonds is 6. The van der Waals surface area contributed by atoms with Gasteiger partial charge in [0.05, 0.1) is 23.9 Å². The highest BCUT2D eigenvalue weighted by molar-refractivity contribution is 6.32. The highest BCUT2D eigenvalue weighted by Crippen LogP contribution is 2.36. The fraction of sp³-hybridized carbons (Fsp3) is 0.190. The van der Waals surface area contributed by atoms with E-state index in [2.05, 4.69) is 38.2 Å². The van der Waals surface area contributed by atoms with Crippen molar-refractivity contribution in [3.8, 4) is 11.4 Å². The predicted octanol–water partition coefficient (Wildman–Crippen LogP) is 3.23. The zero-order chi connectivity index (χ0) is 21.1. The first-order valence-electron chi connectivity index (χ1n) is 9.49. The molecule has 0 atom stereocenters. The molecule has 0 spiro atoms. The van der Waals surface area contributed by atoms with Crippen LogP contribution in [0.4, 0.5) is 11.4 Å². The lowest BCUT2D eigenvalue weighted by atomic mass is 10.0. The molecule has 1 aromatic heterocycles. The van der Waals surface area contributed by atoms with Crippen LogP contribution in [0.3, 0.4) is 0 Å². The molecule has 3 N–H and O–H groups in total. The van der Waals surface area contributed by atoms with E-state index in [-0.39, 0.29) is 5.91 Å². The minimum Gasteiger partial charge on any atom is -0.465 e. The highest BCUT2D eigenvalue weighted by Gasteiger charge is 2.28. The number of methoxy groups -OCH3 is 1. The van der Waals surface area contributed by atoms with Crippen LogP contribution >= 0.6 is 0 Å². The van der Waals surface area contributed by atoms with Crippen LogP contribution in [0.5, 0.6) is 0 Å². The number of ether oxygens (including phenoxy) is 1. The molecular formula is C21H20N6O3. The molecule has 2 heterocycles. The number of carbonyl (C=O) groups excluding carboxylic acids is 2. The van der Waals surface area contributed by atoms with Gasteiger partial charge in [-0.15, -0.1) is 5.10 Å². The first-order chi connectivity index (χ1) is 14.6. The number of carbonyl (C=O) groups is 2. The molecule has 0 saturated heterocycles. The molecule has 1 amide bonds. The molecular weight excluding hydrogens is 384 g/mol. The number of anilines is 2. The summed E-state index contributed by atoms with van der Waals surface area (Å²) in [6, 6.07) is 12.7. The summed E-state index contributed by atoms with van der Waals surface area (Å²) in [6.45, 7) is 2.05. The van der Waals surface area contributed by atoms with Gasteiger partial charge in [-0.2, -0.15) is 0 Å². The van der Waals surface area contributed by atoms with Crippen molar-refractivity contribution in [3.05, 3.63) is 59.3 Å². The molecule has 3 aromatic rings. The second-order valence-corrected chi connectivity index (χ2v) is 6.76. The average molecular weight is 404 g/mol.